The predicted octanol–water partition coefficient (Wildman–Crippen LogP) is 2.65. The number of aromatic nitrogens is 2. The summed E-state index contributed by atoms with van der Waals surface area (Å²) in [5.41, 5.74) is 3.25. The number of hydrogen-bond donors (Lipinski definition) is 1. The van der Waals surface area contributed by atoms with Crippen molar-refractivity contribution in [3.05, 3.63) is 42.5 Å². The molecule has 0 spiro atoms. The monoisotopic (exact) mass is 257 g/mol. The second-order valence-electron chi connectivity index (χ2n) is 4.69. The minimum absolute atomic E-state index is 0.438. The predicted molar refractivity (Wildman–Crippen MR) is 76.0 cm³/mol. The lowest BCUT2D eigenvalue weighted by atomic mass is 10.0. The van der Waals surface area contributed by atoms with Crippen molar-refractivity contribution in [1.82, 2.24) is 15.3 Å². The summed E-state index contributed by atoms with van der Waals surface area (Å²) in [5, 5.41) is 3.40. The average Bonchev–Trinajstić information content (AvgIpc) is 2.45. The number of rotatable bonds is 5. The molecule has 19 heavy (non-hydrogen) atoms. The van der Waals surface area contributed by atoms with Gasteiger partial charge in [-0.15, -0.1) is 0 Å². The van der Waals surface area contributed by atoms with Crippen LogP contribution in [-0.2, 0) is 6.54 Å². The summed E-state index contributed by atoms with van der Waals surface area (Å²) in [6.07, 6.45) is 5.16. The highest BCUT2D eigenvalue weighted by molar-refractivity contribution is 5.64. The molecule has 0 aliphatic carbocycles. The summed E-state index contributed by atoms with van der Waals surface area (Å²) in [6, 6.07) is 6.57. The molecule has 0 unspecified atom stereocenters. The number of hydrogen-bond acceptors (Lipinski definition) is 4. The molecule has 0 radical (unpaired) electrons. The van der Waals surface area contributed by atoms with Gasteiger partial charge >= 0.3 is 0 Å². The Morgan fingerprint density at radius 1 is 1.16 bits per heavy atom. The van der Waals surface area contributed by atoms with Crippen LogP contribution in [0.15, 0.2) is 36.9 Å². The van der Waals surface area contributed by atoms with Crippen LogP contribution in [0.3, 0.4) is 0 Å². The fraction of sp³-hybridized carbons (Fsp3) is 0.333. The van der Waals surface area contributed by atoms with Gasteiger partial charge < -0.3 is 10.1 Å². The van der Waals surface area contributed by atoms with Crippen LogP contribution in [0.2, 0.25) is 0 Å². The van der Waals surface area contributed by atoms with E-state index in [0.717, 1.165) is 29.0 Å². The van der Waals surface area contributed by atoms with E-state index < -0.39 is 0 Å². The zero-order valence-electron chi connectivity index (χ0n) is 11.6. The number of nitrogens with zero attached hydrogens (tertiary/aromatic N) is 2. The van der Waals surface area contributed by atoms with Crippen molar-refractivity contribution in [2.24, 2.45) is 0 Å². The summed E-state index contributed by atoms with van der Waals surface area (Å²) >= 11 is 0. The summed E-state index contributed by atoms with van der Waals surface area (Å²) < 4.78 is 5.40. The number of methoxy groups -OCH3 is 1. The van der Waals surface area contributed by atoms with Crippen molar-refractivity contribution in [2.45, 2.75) is 26.4 Å². The highest BCUT2D eigenvalue weighted by Crippen LogP contribution is 2.25. The van der Waals surface area contributed by atoms with E-state index in [1.54, 1.807) is 7.11 Å². The van der Waals surface area contributed by atoms with Crippen LogP contribution >= 0.6 is 0 Å². The van der Waals surface area contributed by atoms with Gasteiger partial charge in [-0.05, 0) is 17.7 Å². The molecule has 1 heterocycles. The molecule has 0 fully saturated rings. The smallest absolute Gasteiger partial charge is 0.123 e. The van der Waals surface area contributed by atoms with Gasteiger partial charge in [-0.3, -0.25) is 0 Å². The zero-order valence-corrected chi connectivity index (χ0v) is 11.6. The maximum absolute atomic E-state index is 5.40. The average molecular weight is 257 g/mol. The third-order valence-corrected chi connectivity index (χ3v) is 2.88. The maximum atomic E-state index is 5.40. The first kappa shape index (κ1) is 13.5. The molecule has 0 amide bonds. The molecule has 0 saturated carbocycles. The first-order valence-electron chi connectivity index (χ1n) is 6.36. The number of benzene rings is 1. The Balaban J connectivity index is 2.30. The van der Waals surface area contributed by atoms with E-state index in [1.807, 2.05) is 24.5 Å². The molecule has 1 aromatic carbocycles. The molecule has 0 bridgehead atoms. The molecule has 0 saturated heterocycles. The minimum Gasteiger partial charge on any atom is -0.496 e. The number of ether oxygens (including phenoxy) is 1. The van der Waals surface area contributed by atoms with Gasteiger partial charge in [-0.1, -0.05) is 19.9 Å². The van der Waals surface area contributed by atoms with Crippen molar-refractivity contribution in [3.63, 3.8) is 0 Å². The molecule has 1 aromatic heterocycles. The normalized spacial score (nSPS) is 10.7. The second-order valence-corrected chi connectivity index (χ2v) is 4.69. The summed E-state index contributed by atoms with van der Waals surface area (Å²) in [4.78, 5) is 8.10. The Hall–Kier alpha value is -1.94. The van der Waals surface area contributed by atoms with Crippen molar-refractivity contribution in [1.29, 1.82) is 0 Å². The molecule has 100 valence electrons. The third kappa shape index (κ3) is 3.51. The Morgan fingerprint density at radius 3 is 2.53 bits per heavy atom. The lowest BCUT2D eigenvalue weighted by molar-refractivity contribution is 0.406. The van der Waals surface area contributed by atoms with E-state index in [9.17, 15) is 0 Å². The summed E-state index contributed by atoms with van der Waals surface area (Å²) in [6.45, 7) is 5.03. The van der Waals surface area contributed by atoms with E-state index in [1.165, 1.54) is 6.33 Å². The molecule has 2 rings (SSSR count). The lowest BCUT2D eigenvalue weighted by Gasteiger charge is -2.13. The lowest BCUT2D eigenvalue weighted by Crippen LogP contribution is -2.22. The van der Waals surface area contributed by atoms with Crippen LogP contribution < -0.4 is 10.1 Å². The van der Waals surface area contributed by atoms with Crippen LogP contribution in [0.5, 0.6) is 5.75 Å². The third-order valence-electron chi connectivity index (χ3n) is 2.88. The van der Waals surface area contributed by atoms with Crippen LogP contribution in [0, 0.1) is 0 Å². The van der Waals surface area contributed by atoms with Crippen LogP contribution in [0.25, 0.3) is 11.1 Å². The van der Waals surface area contributed by atoms with Gasteiger partial charge in [-0.2, -0.15) is 0 Å². The highest BCUT2D eigenvalue weighted by Gasteiger charge is 2.06. The zero-order chi connectivity index (χ0) is 13.7. The van der Waals surface area contributed by atoms with Gasteiger partial charge in [-0.25, -0.2) is 9.97 Å². The fourth-order valence-corrected chi connectivity index (χ4v) is 1.86. The Labute approximate surface area is 113 Å². The first-order chi connectivity index (χ1) is 9.20. The molecular weight excluding hydrogens is 238 g/mol. The van der Waals surface area contributed by atoms with Gasteiger partial charge in [0.1, 0.15) is 12.1 Å². The fourth-order valence-electron chi connectivity index (χ4n) is 1.86. The topological polar surface area (TPSA) is 47.0 Å². The molecule has 0 aliphatic heterocycles. The van der Waals surface area contributed by atoms with Crippen molar-refractivity contribution < 1.29 is 4.74 Å². The van der Waals surface area contributed by atoms with Crippen molar-refractivity contribution in [3.8, 4) is 16.9 Å². The van der Waals surface area contributed by atoms with Gasteiger partial charge in [0.15, 0.2) is 0 Å². The Kier molecular flexibility index (Phi) is 4.47. The molecule has 0 aliphatic rings. The van der Waals surface area contributed by atoms with Crippen molar-refractivity contribution in [2.75, 3.05) is 7.11 Å². The molecule has 4 nitrogen and oxygen atoms in total. The summed E-state index contributed by atoms with van der Waals surface area (Å²) in [7, 11) is 1.69. The van der Waals surface area contributed by atoms with E-state index in [4.69, 9.17) is 4.74 Å². The Morgan fingerprint density at radius 2 is 1.89 bits per heavy atom. The second kappa shape index (κ2) is 6.29. The highest BCUT2D eigenvalue weighted by atomic mass is 16.5. The van der Waals surface area contributed by atoms with Gasteiger partial charge in [0.25, 0.3) is 0 Å². The Bertz CT molecular complexity index is 526. The molecule has 4 heteroatoms. The first-order valence-corrected chi connectivity index (χ1v) is 6.36. The SMILES string of the molecule is COc1ccc(-c2cncnc2)cc1CNC(C)C. The number of nitrogens with one attached hydrogen (secondary N) is 1. The van der Waals surface area contributed by atoms with Crippen LogP contribution in [-0.4, -0.2) is 23.1 Å². The molecule has 2 aromatic rings. The quantitative estimate of drug-likeness (QED) is 0.894. The molecule has 0 atom stereocenters. The summed E-state index contributed by atoms with van der Waals surface area (Å²) in [5.74, 6) is 0.897. The largest absolute Gasteiger partial charge is 0.496 e. The minimum atomic E-state index is 0.438. The van der Waals surface area contributed by atoms with Crippen molar-refractivity contribution >= 4 is 0 Å². The van der Waals surface area contributed by atoms with E-state index >= 15 is 0 Å². The molecule has 1 N–H and O–H groups in total. The van der Waals surface area contributed by atoms with Gasteiger partial charge in [0, 0.05) is 36.1 Å². The van der Waals surface area contributed by atoms with Gasteiger partial charge in [0.05, 0.1) is 7.11 Å². The maximum Gasteiger partial charge on any atom is 0.123 e. The van der Waals surface area contributed by atoms with Gasteiger partial charge in [0.2, 0.25) is 0 Å². The standard InChI is InChI=1S/C15H19N3O/c1-11(2)18-9-13-6-12(4-5-15(13)19-3)14-7-16-10-17-8-14/h4-8,10-11,18H,9H2,1-3H3. The van der Waals surface area contributed by atoms with Crippen LogP contribution in [0.1, 0.15) is 19.4 Å². The van der Waals surface area contributed by atoms with E-state index in [-0.39, 0.29) is 0 Å². The molecular formula is C15H19N3O. The van der Waals surface area contributed by atoms with E-state index in [0.29, 0.717) is 6.04 Å². The van der Waals surface area contributed by atoms with E-state index in [2.05, 4.69) is 35.2 Å². The van der Waals surface area contributed by atoms with Crippen LogP contribution in [0.4, 0.5) is 0 Å².